The Labute approximate surface area is 76.4 Å². The molecule has 0 aromatic carbocycles. The molecule has 0 aromatic heterocycles. The van der Waals surface area contributed by atoms with E-state index in [0.29, 0.717) is 25.9 Å². The summed E-state index contributed by atoms with van der Waals surface area (Å²) in [6.07, 6.45) is 0.839. The zero-order valence-electron chi connectivity index (χ0n) is 7.69. The molecular formula is C8H15F2N3. The van der Waals surface area contributed by atoms with Gasteiger partial charge in [0.1, 0.15) is 0 Å². The normalized spacial score (nSPS) is 20.4. The van der Waals surface area contributed by atoms with Crippen molar-refractivity contribution in [3.8, 4) is 0 Å². The molecule has 0 aromatic rings. The Morgan fingerprint density at radius 3 is 2.23 bits per heavy atom. The van der Waals surface area contributed by atoms with E-state index in [2.05, 4.69) is 0 Å². The fourth-order valence-electron chi connectivity index (χ4n) is 1.63. The number of likely N-dealkylation sites (tertiary alicyclic amines) is 1. The zero-order chi connectivity index (χ0) is 10.1. The lowest BCUT2D eigenvalue weighted by molar-refractivity contribution is -0.0569. The van der Waals surface area contributed by atoms with Crippen molar-refractivity contribution >= 4 is 5.96 Å². The Hall–Kier alpha value is -0.870. The van der Waals surface area contributed by atoms with Gasteiger partial charge in [0.15, 0.2) is 5.96 Å². The van der Waals surface area contributed by atoms with E-state index >= 15 is 0 Å². The minimum atomic E-state index is -2.59. The fourth-order valence-corrected chi connectivity index (χ4v) is 1.63. The minimum absolute atomic E-state index is 0.0159. The molecule has 3 nitrogen and oxygen atoms in total. The third-order valence-corrected chi connectivity index (χ3v) is 2.55. The van der Waals surface area contributed by atoms with Crippen LogP contribution in [0.15, 0.2) is 0 Å². The van der Waals surface area contributed by atoms with Gasteiger partial charge in [0.25, 0.3) is 0 Å². The number of rotatable bonds is 1. The van der Waals surface area contributed by atoms with E-state index in [0.717, 1.165) is 6.92 Å². The standard InChI is InChI=1S/C8H15F2N3/c1-8(9,10)6-2-4-13(5-3-6)7(11)12/h6H,2-5H2,1H3,(H3,11,12). The molecule has 1 heterocycles. The van der Waals surface area contributed by atoms with E-state index in [-0.39, 0.29) is 5.96 Å². The number of hydrogen-bond acceptors (Lipinski definition) is 1. The van der Waals surface area contributed by atoms with Crippen LogP contribution >= 0.6 is 0 Å². The maximum atomic E-state index is 12.8. The van der Waals surface area contributed by atoms with Gasteiger partial charge >= 0.3 is 0 Å². The highest BCUT2D eigenvalue weighted by Crippen LogP contribution is 2.32. The molecule has 0 unspecified atom stereocenters. The highest BCUT2D eigenvalue weighted by Gasteiger charge is 2.36. The second-order valence-electron chi connectivity index (χ2n) is 3.60. The summed E-state index contributed by atoms with van der Waals surface area (Å²) >= 11 is 0. The van der Waals surface area contributed by atoms with E-state index in [1.165, 1.54) is 0 Å². The van der Waals surface area contributed by atoms with E-state index in [9.17, 15) is 8.78 Å². The van der Waals surface area contributed by atoms with Gasteiger partial charge in [-0.2, -0.15) is 0 Å². The lowest BCUT2D eigenvalue weighted by Gasteiger charge is -2.34. The van der Waals surface area contributed by atoms with E-state index in [1.807, 2.05) is 0 Å². The Kier molecular flexibility index (Phi) is 2.73. The van der Waals surface area contributed by atoms with Crippen molar-refractivity contribution < 1.29 is 8.78 Å². The van der Waals surface area contributed by atoms with Crippen molar-refractivity contribution in [2.45, 2.75) is 25.7 Å². The molecule has 1 rings (SSSR count). The van der Waals surface area contributed by atoms with Crippen LogP contribution in [0.1, 0.15) is 19.8 Å². The Balaban J connectivity index is 2.44. The quantitative estimate of drug-likeness (QED) is 0.484. The molecule has 0 radical (unpaired) electrons. The molecule has 0 aliphatic carbocycles. The van der Waals surface area contributed by atoms with Crippen molar-refractivity contribution in [1.82, 2.24) is 4.90 Å². The number of piperidine rings is 1. The third-order valence-electron chi connectivity index (χ3n) is 2.55. The van der Waals surface area contributed by atoms with Crippen molar-refractivity contribution in [3.05, 3.63) is 0 Å². The van der Waals surface area contributed by atoms with Crippen molar-refractivity contribution in [2.75, 3.05) is 13.1 Å². The van der Waals surface area contributed by atoms with E-state index in [1.54, 1.807) is 4.90 Å². The molecule has 3 N–H and O–H groups in total. The molecule has 0 bridgehead atoms. The molecule has 1 saturated heterocycles. The number of hydrogen-bond donors (Lipinski definition) is 2. The molecule has 0 atom stereocenters. The van der Waals surface area contributed by atoms with Crippen molar-refractivity contribution in [2.24, 2.45) is 11.7 Å². The van der Waals surface area contributed by atoms with Crippen LogP contribution in [0.2, 0.25) is 0 Å². The SMILES string of the molecule is CC(F)(F)C1CCN(C(=N)N)CC1. The molecule has 5 heteroatoms. The minimum Gasteiger partial charge on any atom is -0.370 e. The van der Waals surface area contributed by atoms with Crippen molar-refractivity contribution in [1.29, 1.82) is 5.41 Å². The van der Waals surface area contributed by atoms with E-state index < -0.39 is 11.8 Å². The highest BCUT2D eigenvalue weighted by atomic mass is 19.3. The number of guanidine groups is 1. The molecule has 0 amide bonds. The van der Waals surface area contributed by atoms with Crippen LogP contribution in [-0.2, 0) is 0 Å². The molecule has 76 valence electrons. The lowest BCUT2D eigenvalue weighted by atomic mass is 9.91. The van der Waals surface area contributed by atoms with Gasteiger partial charge in [-0.1, -0.05) is 0 Å². The number of nitrogens with two attached hydrogens (primary N) is 1. The molecule has 1 aliphatic heterocycles. The van der Waals surface area contributed by atoms with Gasteiger partial charge in [0, 0.05) is 19.0 Å². The zero-order valence-corrected chi connectivity index (χ0v) is 7.69. The van der Waals surface area contributed by atoms with Gasteiger partial charge in [0.05, 0.1) is 0 Å². The van der Waals surface area contributed by atoms with Crippen LogP contribution in [-0.4, -0.2) is 29.9 Å². The van der Waals surface area contributed by atoms with Gasteiger partial charge in [-0.25, -0.2) is 8.78 Å². The van der Waals surface area contributed by atoms with Gasteiger partial charge in [0.2, 0.25) is 5.92 Å². The predicted molar refractivity (Wildman–Crippen MR) is 46.8 cm³/mol. The van der Waals surface area contributed by atoms with Gasteiger partial charge in [-0.05, 0) is 19.8 Å². The van der Waals surface area contributed by atoms with Gasteiger partial charge in [-0.15, -0.1) is 0 Å². The lowest BCUT2D eigenvalue weighted by Crippen LogP contribution is -2.45. The number of nitrogens with one attached hydrogen (secondary N) is 1. The summed E-state index contributed by atoms with van der Waals surface area (Å²) < 4.78 is 25.7. The summed E-state index contributed by atoms with van der Waals surface area (Å²) in [4.78, 5) is 1.63. The third kappa shape index (κ3) is 2.54. The summed E-state index contributed by atoms with van der Waals surface area (Å²) in [6, 6.07) is 0. The Bertz CT molecular complexity index is 192. The van der Waals surface area contributed by atoms with Crippen LogP contribution in [0.5, 0.6) is 0 Å². The van der Waals surface area contributed by atoms with Crippen LogP contribution in [0, 0.1) is 11.3 Å². The first-order valence-electron chi connectivity index (χ1n) is 4.38. The fraction of sp³-hybridized carbons (Fsp3) is 0.875. The molecule has 13 heavy (non-hydrogen) atoms. The topological polar surface area (TPSA) is 53.1 Å². The maximum Gasteiger partial charge on any atom is 0.248 e. The smallest absolute Gasteiger partial charge is 0.248 e. The molecule has 1 aliphatic rings. The van der Waals surface area contributed by atoms with Crippen molar-refractivity contribution in [3.63, 3.8) is 0 Å². The largest absolute Gasteiger partial charge is 0.370 e. The number of halogens is 2. The first-order valence-corrected chi connectivity index (χ1v) is 4.38. The second kappa shape index (κ2) is 3.47. The summed E-state index contributed by atoms with van der Waals surface area (Å²) in [5.74, 6) is -3.16. The second-order valence-corrected chi connectivity index (χ2v) is 3.60. The van der Waals surface area contributed by atoms with Gasteiger partial charge in [-0.3, -0.25) is 5.41 Å². The van der Waals surface area contributed by atoms with Gasteiger partial charge < -0.3 is 10.6 Å². The molecular weight excluding hydrogens is 176 g/mol. The van der Waals surface area contributed by atoms with Crippen LogP contribution < -0.4 is 5.73 Å². The molecule has 0 saturated carbocycles. The van der Waals surface area contributed by atoms with E-state index in [4.69, 9.17) is 11.1 Å². The molecule has 0 spiro atoms. The number of nitrogens with zero attached hydrogens (tertiary/aromatic N) is 1. The first kappa shape index (κ1) is 10.2. The monoisotopic (exact) mass is 191 g/mol. The van der Waals surface area contributed by atoms with Crippen LogP contribution in [0.4, 0.5) is 8.78 Å². The Morgan fingerprint density at radius 1 is 1.46 bits per heavy atom. The Morgan fingerprint density at radius 2 is 1.92 bits per heavy atom. The highest BCUT2D eigenvalue weighted by molar-refractivity contribution is 5.74. The predicted octanol–water partition coefficient (Wildman–Crippen LogP) is 1.25. The van der Waals surface area contributed by atoms with Crippen LogP contribution in [0.25, 0.3) is 0 Å². The van der Waals surface area contributed by atoms with Crippen LogP contribution in [0.3, 0.4) is 0 Å². The number of alkyl halides is 2. The first-order chi connectivity index (χ1) is 5.91. The summed E-state index contributed by atoms with van der Waals surface area (Å²) in [5, 5.41) is 7.13. The molecule has 1 fully saturated rings. The summed E-state index contributed by atoms with van der Waals surface area (Å²) in [5.41, 5.74) is 5.24. The summed E-state index contributed by atoms with van der Waals surface area (Å²) in [7, 11) is 0. The average Bonchev–Trinajstić information content (AvgIpc) is 2.03. The summed E-state index contributed by atoms with van der Waals surface area (Å²) in [6.45, 7) is 1.91. The maximum absolute atomic E-state index is 12.8. The average molecular weight is 191 g/mol.